The molecule has 20 heavy (non-hydrogen) atoms. The number of aryl methyl sites for hydroxylation is 2. The summed E-state index contributed by atoms with van der Waals surface area (Å²) < 4.78 is 5.67. The molecule has 1 fully saturated rings. The molecule has 0 radical (unpaired) electrons. The van der Waals surface area contributed by atoms with Gasteiger partial charge < -0.3 is 10.1 Å². The third kappa shape index (κ3) is 3.42. The van der Waals surface area contributed by atoms with Crippen molar-refractivity contribution in [3.63, 3.8) is 0 Å². The first-order valence-electron chi connectivity index (χ1n) is 8.29. The molecule has 0 aromatic heterocycles. The van der Waals surface area contributed by atoms with E-state index in [4.69, 9.17) is 4.74 Å². The summed E-state index contributed by atoms with van der Waals surface area (Å²) in [7, 11) is 0. The highest BCUT2D eigenvalue weighted by molar-refractivity contribution is 5.35. The molecule has 2 aliphatic rings. The molecule has 1 aromatic rings. The van der Waals surface area contributed by atoms with E-state index in [1.54, 1.807) is 11.1 Å². The van der Waals surface area contributed by atoms with Crippen molar-refractivity contribution in [2.45, 2.75) is 64.0 Å². The summed E-state index contributed by atoms with van der Waals surface area (Å²) in [5.74, 6) is 0. The molecule has 2 atom stereocenters. The van der Waals surface area contributed by atoms with Gasteiger partial charge in [0.25, 0.3) is 0 Å². The van der Waals surface area contributed by atoms with E-state index in [1.807, 2.05) is 0 Å². The summed E-state index contributed by atoms with van der Waals surface area (Å²) in [5.41, 5.74) is 4.60. The van der Waals surface area contributed by atoms with Gasteiger partial charge >= 0.3 is 0 Å². The lowest BCUT2D eigenvalue weighted by Gasteiger charge is -2.20. The number of hydrogen-bond acceptors (Lipinski definition) is 2. The first kappa shape index (κ1) is 14.1. The van der Waals surface area contributed by atoms with Crippen molar-refractivity contribution >= 4 is 0 Å². The van der Waals surface area contributed by atoms with Crippen LogP contribution < -0.4 is 5.32 Å². The average Bonchev–Trinajstić information content (AvgIpc) is 3.00. The highest BCUT2D eigenvalue weighted by atomic mass is 16.5. The maximum Gasteiger partial charge on any atom is 0.0588 e. The lowest BCUT2D eigenvalue weighted by atomic mass is 9.89. The molecular formula is C18H27NO. The SMILES string of the molecule is CC(NCCC1CCCO1)c1ccc2c(c1)CCCC2. The van der Waals surface area contributed by atoms with Gasteiger partial charge in [0.1, 0.15) is 0 Å². The van der Waals surface area contributed by atoms with Crippen LogP contribution in [0.5, 0.6) is 0 Å². The highest BCUT2D eigenvalue weighted by Crippen LogP contribution is 2.25. The number of fused-ring (bicyclic) bond motifs is 1. The predicted octanol–water partition coefficient (Wildman–Crippen LogP) is 3.79. The van der Waals surface area contributed by atoms with E-state index >= 15 is 0 Å². The topological polar surface area (TPSA) is 21.3 Å². The molecule has 0 amide bonds. The zero-order valence-electron chi connectivity index (χ0n) is 12.7. The van der Waals surface area contributed by atoms with Crippen LogP contribution in [0.3, 0.4) is 0 Å². The van der Waals surface area contributed by atoms with Gasteiger partial charge in [-0.15, -0.1) is 0 Å². The van der Waals surface area contributed by atoms with Crippen LogP contribution in [0.2, 0.25) is 0 Å². The Morgan fingerprint density at radius 1 is 1.20 bits per heavy atom. The Bertz CT molecular complexity index is 437. The molecule has 1 N–H and O–H groups in total. The van der Waals surface area contributed by atoms with Gasteiger partial charge in [0.2, 0.25) is 0 Å². The van der Waals surface area contributed by atoms with Crippen LogP contribution in [-0.4, -0.2) is 19.3 Å². The second kappa shape index (κ2) is 6.73. The second-order valence-corrected chi connectivity index (χ2v) is 6.33. The maximum atomic E-state index is 5.67. The van der Waals surface area contributed by atoms with Gasteiger partial charge in [-0.25, -0.2) is 0 Å². The van der Waals surface area contributed by atoms with E-state index in [2.05, 4.69) is 30.4 Å². The smallest absolute Gasteiger partial charge is 0.0588 e. The molecule has 0 saturated carbocycles. The summed E-state index contributed by atoms with van der Waals surface area (Å²) in [4.78, 5) is 0. The fourth-order valence-corrected chi connectivity index (χ4v) is 3.47. The normalized spacial score (nSPS) is 23.6. The Morgan fingerprint density at radius 2 is 2.05 bits per heavy atom. The van der Waals surface area contributed by atoms with Gasteiger partial charge in [-0.1, -0.05) is 18.2 Å². The standard InChI is InChI=1S/C18H27NO/c1-14(19-11-10-18-7-4-12-20-18)16-9-8-15-5-2-3-6-17(15)13-16/h8-9,13-14,18-19H,2-7,10-12H2,1H3. The van der Waals surface area contributed by atoms with Crippen molar-refractivity contribution < 1.29 is 4.74 Å². The molecule has 1 heterocycles. The number of rotatable bonds is 5. The van der Waals surface area contributed by atoms with Crippen molar-refractivity contribution in [2.75, 3.05) is 13.2 Å². The van der Waals surface area contributed by atoms with Crippen molar-refractivity contribution in [1.82, 2.24) is 5.32 Å². The number of hydrogen-bond donors (Lipinski definition) is 1. The molecule has 1 saturated heterocycles. The van der Waals surface area contributed by atoms with Gasteiger partial charge in [-0.05, 0) is 75.1 Å². The number of benzene rings is 1. The first-order valence-corrected chi connectivity index (χ1v) is 8.29. The molecule has 0 bridgehead atoms. The van der Waals surface area contributed by atoms with Gasteiger partial charge in [0, 0.05) is 12.6 Å². The fourth-order valence-electron chi connectivity index (χ4n) is 3.47. The third-order valence-corrected chi connectivity index (χ3v) is 4.81. The Hall–Kier alpha value is -0.860. The van der Waals surface area contributed by atoms with Crippen molar-refractivity contribution in [3.05, 3.63) is 34.9 Å². The maximum absolute atomic E-state index is 5.67. The molecule has 0 spiro atoms. The van der Waals surface area contributed by atoms with Crippen molar-refractivity contribution in [2.24, 2.45) is 0 Å². The Balaban J connectivity index is 1.52. The lowest BCUT2D eigenvalue weighted by Crippen LogP contribution is -2.23. The van der Waals surface area contributed by atoms with E-state index in [-0.39, 0.29) is 0 Å². The van der Waals surface area contributed by atoms with E-state index in [0.29, 0.717) is 12.1 Å². The molecular weight excluding hydrogens is 246 g/mol. The summed E-state index contributed by atoms with van der Waals surface area (Å²) in [6, 6.07) is 7.54. The first-order chi connectivity index (χ1) is 9.83. The monoisotopic (exact) mass is 273 g/mol. The summed E-state index contributed by atoms with van der Waals surface area (Å²) in [6.07, 6.45) is 9.40. The van der Waals surface area contributed by atoms with E-state index in [0.717, 1.165) is 19.6 Å². The number of ether oxygens (including phenoxy) is 1. The van der Waals surface area contributed by atoms with Crippen LogP contribution in [0, 0.1) is 0 Å². The minimum Gasteiger partial charge on any atom is -0.378 e. The minimum absolute atomic E-state index is 0.448. The molecule has 3 rings (SSSR count). The van der Waals surface area contributed by atoms with Crippen molar-refractivity contribution in [1.29, 1.82) is 0 Å². The van der Waals surface area contributed by atoms with Crippen LogP contribution in [0.25, 0.3) is 0 Å². The van der Waals surface area contributed by atoms with Gasteiger partial charge in [-0.2, -0.15) is 0 Å². The Labute approximate surface area is 122 Å². The van der Waals surface area contributed by atoms with Crippen LogP contribution in [0.1, 0.15) is 61.8 Å². The summed E-state index contributed by atoms with van der Waals surface area (Å²) in [6.45, 7) is 4.30. The van der Waals surface area contributed by atoms with Gasteiger partial charge in [0.15, 0.2) is 0 Å². The van der Waals surface area contributed by atoms with E-state index < -0.39 is 0 Å². The van der Waals surface area contributed by atoms with Gasteiger partial charge in [0.05, 0.1) is 6.10 Å². The summed E-state index contributed by atoms with van der Waals surface area (Å²) >= 11 is 0. The molecule has 1 aliphatic carbocycles. The van der Waals surface area contributed by atoms with Gasteiger partial charge in [-0.3, -0.25) is 0 Å². The lowest BCUT2D eigenvalue weighted by molar-refractivity contribution is 0.103. The third-order valence-electron chi connectivity index (χ3n) is 4.81. The Kier molecular flexibility index (Phi) is 4.74. The predicted molar refractivity (Wildman–Crippen MR) is 83.1 cm³/mol. The quantitative estimate of drug-likeness (QED) is 0.881. The zero-order chi connectivity index (χ0) is 13.8. The largest absolute Gasteiger partial charge is 0.378 e. The van der Waals surface area contributed by atoms with Crippen molar-refractivity contribution in [3.8, 4) is 0 Å². The molecule has 2 nitrogen and oxygen atoms in total. The molecule has 1 aromatic carbocycles. The summed E-state index contributed by atoms with van der Waals surface area (Å²) in [5, 5.41) is 3.65. The van der Waals surface area contributed by atoms with Crippen LogP contribution in [0.4, 0.5) is 0 Å². The zero-order valence-corrected chi connectivity index (χ0v) is 12.7. The average molecular weight is 273 g/mol. The molecule has 2 heteroatoms. The molecule has 1 aliphatic heterocycles. The van der Waals surface area contributed by atoms with E-state index in [1.165, 1.54) is 44.1 Å². The minimum atomic E-state index is 0.448. The van der Waals surface area contributed by atoms with E-state index in [9.17, 15) is 0 Å². The second-order valence-electron chi connectivity index (χ2n) is 6.33. The highest BCUT2D eigenvalue weighted by Gasteiger charge is 2.16. The van der Waals surface area contributed by atoms with Crippen LogP contribution >= 0.6 is 0 Å². The molecule has 110 valence electrons. The number of nitrogens with one attached hydrogen (secondary N) is 1. The van der Waals surface area contributed by atoms with Crippen LogP contribution in [0.15, 0.2) is 18.2 Å². The molecule has 2 unspecified atom stereocenters. The Morgan fingerprint density at radius 3 is 2.85 bits per heavy atom. The van der Waals surface area contributed by atoms with Crippen LogP contribution in [-0.2, 0) is 17.6 Å². The fraction of sp³-hybridized carbons (Fsp3) is 0.667.